The minimum atomic E-state index is -0.840. The average Bonchev–Trinajstić information content (AvgIpc) is 2.67. The molecule has 7 heteroatoms. The summed E-state index contributed by atoms with van der Waals surface area (Å²) in [5.74, 6) is -0.599. The SMILES string of the molecule is COc1ccc(CN2C(=O)COC[C@H]2C(=O)Nc2cc(C)ccc2F)cc1. The molecule has 2 aromatic rings. The molecule has 27 heavy (non-hydrogen) atoms. The highest BCUT2D eigenvalue weighted by atomic mass is 19.1. The van der Waals surface area contributed by atoms with Crippen molar-refractivity contribution in [2.24, 2.45) is 0 Å². The summed E-state index contributed by atoms with van der Waals surface area (Å²) >= 11 is 0. The van der Waals surface area contributed by atoms with E-state index in [1.165, 1.54) is 11.0 Å². The van der Waals surface area contributed by atoms with Crippen LogP contribution in [0.25, 0.3) is 0 Å². The Labute approximate surface area is 156 Å². The lowest BCUT2D eigenvalue weighted by atomic mass is 10.1. The predicted octanol–water partition coefficient (Wildman–Crippen LogP) is 2.51. The van der Waals surface area contributed by atoms with Crippen molar-refractivity contribution in [2.75, 3.05) is 25.6 Å². The maximum absolute atomic E-state index is 14.0. The molecule has 0 aliphatic carbocycles. The number of rotatable bonds is 5. The van der Waals surface area contributed by atoms with Crippen molar-refractivity contribution < 1.29 is 23.5 Å². The second-order valence-corrected chi connectivity index (χ2v) is 6.37. The van der Waals surface area contributed by atoms with Crippen LogP contribution in [-0.2, 0) is 20.9 Å². The molecule has 0 saturated carbocycles. The van der Waals surface area contributed by atoms with Crippen LogP contribution in [0.4, 0.5) is 10.1 Å². The number of carbonyl (C=O) groups is 2. The molecule has 1 fully saturated rings. The number of methoxy groups -OCH3 is 1. The molecule has 3 rings (SSSR count). The smallest absolute Gasteiger partial charge is 0.249 e. The number of nitrogens with zero attached hydrogens (tertiary/aromatic N) is 1. The lowest BCUT2D eigenvalue weighted by Gasteiger charge is -2.34. The normalized spacial score (nSPS) is 16.9. The molecule has 1 atom stereocenters. The van der Waals surface area contributed by atoms with Crippen molar-refractivity contribution in [3.63, 3.8) is 0 Å². The Hall–Kier alpha value is -2.93. The van der Waals surface area contributed by atoms with Crippen molar-refractivity contribution >= 4 is 17.5 Å². The molecule has 0 spiro atoms. The van der Waals surface area contributed by atoms with E-state index in [-0.39, 0.29) is 31.4 Å². The van der Waals surface area contributed by atoms with Gasteiger partial charge in [-0.1, -0.05) is 18.2 Å². The van der Waals surface area contributed by atoms with Crippen molar-refractivity contribution in [3.8, 4) is 5.75 Å². The fourth-order valence-corrected chi connectivity index (χ4v) is 2.90. The minimum Gasteiger partial charge on any atom is -0.497 e. The molecule has 0 unspecified atom stereocenters. The number of hydrogen-bond donors (Lipinski definition) is 1. The van der Waals surface area contributed by atoms with Crippen LogP contribution in [-0.4, -0.2) is 43.1 Å². The molecule has 6 nitrogen and oxygen atoms in total. The maximum Gasteiger partial charge on any atom is 0.249 e. The van der Waals surface area contributed by atoms with Crippen LogP contribution in [0.15, 0.2) is 42.5 Å². The molecule has 2 amide bonds. The first-order valence-corrected chi connectivity index (χ1v) is 8.55. The highest BCUT2D eigenvalue weighted by molar-refractivity contribution is 5.98. The first-order valence-electron chi connectivity index (χ1n) is 8.55. The number of anilines is 1. The molecule has 0 radical (unpaired) electrons. The molecule has 1 N–H and O–H groups in total. The first-order chi connectivity index (χ1) is 13.0. The summed E-state index contributed by atoms with van der Waals surface area (Å²) in [4.78, 5) is 26.5. The number of morpholine rings is 1. The summed E-state index contributed by atoms with van der Waals surface area (Å²) in [7, 11) is 1.57. The van der Waals surface area contributed by atoms with Gasteiger partial charge in [-0.15, -0.1) is 0 Å². The zero-order chi connectivity index (χ0) is 19.4. The largest absolute Gasteiger partial charge is 0.497 e. The highest BCUT2D eigenvalue weighted by Gasteiger charge is 2.34. The van der Waals surface area contributed by atoms with E-state index in [1.807, 2.05) is 12.1 Å². The molecule has 1 aliphatic heterocycles. The zero-order valence-electron chi connectivity index (χ0n) is 15.2. The number of ether oxygens (including phenoxy) is 2. The van der Waals surface area contributed by atoms with Gasteiger partial charge in [-0.05, 0) is 42.3 Å². The van der Waals surface area contributed by atoms with E-state index in [1.54, 1.807) is 38.3 Å². The maximum atomic E-state index is 14.0. The summed E-state index contributed by atoms with van der Waals surface area (Å²) in [5.41, 5.74) is 1.76. The van der Waals surface area contributed by atoms with Crippen LogP contribution in [0.2, 0.25) is 0 Å². The monoisotopic (exact) mass is 372 g/mol. The number of nitrogens with one attached hydrogen (secondary N) is 1. The fourth-order valence-electron chi connectivity index (χ4n) is 2.90. The second kappa shape index (κ2) is 8.18. The van der Waals surface area contributed by atoms with Crippen molar-refractivity contribution in [2.45, 2.75) is 19.5 Å². The van der Waals surface area contributed by atoms with Crippen LogP contribution in [0.1, 0.15) is 11.1 Å². The number of carbonyl (C=O) groups excluding carboxylic acids is 2. The molecular formula is C20H21FN2O4. The molecule has 142 valence electrons. The molecule has 0 aromatic heterocycles. The Morgan fingerprint density at radius 2 is 2.04 bits per heavy atom. The van der Waals surface area contributed by atoms with E-state index in [4.69, 9.17) is 9.47 Å². The van der Waals surface area contributed by atoms with Crippen LogP contribution in [0, 0.1) is 12.7 Å². The van der Waals surface area contributed by atoms with Crippen molar-refractivity contribution in [3.05, 3.63) is 59.4 Å². The summed E-state index contributed by atoms with van der Waals surface area (Å²) in [6.45, 7) is 2.03. The van der Waals surface area contributed by atoms with Gasteiger partial charge < -0.3 is 19.7 Å². The van der Waals surface area contributed by atoms with Gasteiger partial charge in [0.05, 0.1) is 19.4 Å². The molecule has 1 heterocycles. The quantitative estimate of drug-likeness (QED) is 0.876. The van der Waals surface area contributed by atoms with E-state index in [9.17, 15) is 14.0 Å². The molecule has 2 aromatic carbocycles. The molecular weight excluding hydrogens is 351 g/mol. The fraction of sp³-hybridized carbons (Fsp3) is 0.300. The van der Waals surface area contributed by atoms with Crippen molar-refractivity contribution in [1.29, 1.82) is 0 Å². The molecule has 1 aliphatic rings. The number of hydrogen-bond acceptors (Lipinski definition) is 4. The number of halogens is 1. The van der Waals surface area contributed by atoms with E-state index < -0.39 is 17.8 Å². The van der Waals surface area contributed by atoms with Crippen LogP contribution >= 0.6 is 0 Å². The Morgan fingerprint density at radius 3 is 2.74 bits per heavy atom. The third-order valence-corrected chi connectivity index (χ3v) is 4.39. The average molecular weight is 372 g/mol. The summed E-state index contributed by atoms with van der Waals surface area (Å²) in [5, 5.41) is 2.57. The van der Waals surface area contributed by atoms with Gasteiger partial charge in [0.2, 0.25) is 11.8 Å². The van der Waals surface area contributed by atoms with E-state index in [0.29, 0.717) is 5.75 Å². The summed E-state index contributed by atoms with van der Waals surface area (Å²) in [6.07, 6.45) is 0. The standard InChI is InChI=1S/C20H21FN2O4/c1-13-3-8-16(21)17(9-13)22-20(25)18-11-27-12-19(24)23(18)10-14-4-6-15(26-2)7-5-14/h3-9,18H,10-12H2,1-2H3,(H,22,25)/t18-/m0/s1. The van der Waals surface area contributed by atoms with Gasteiger partial charge in [0.15, 0.2) is 0 Å². The van der Waals surface area contributed by atoms with Gasteiger partial charge in [-0.3, -0.25) is 9.59 Å². The zero-order valence-corrected chi connectivity index (χ0v) is 15.2. The van der Waals surface area contributed by atoms with E-state index in [2.05, 4.69) is 5.32 Å². The number of aryl methyl sites for hydroxylation is 1. The highest BCUT2D eigenvalue weighted by Crippen LogP contribution is 2.20. The Balaban J connectivity index is 1.77. The topological polar surface area (TPSA) is 67.9 Å². The van der Waals surface area contributed by atoms with Crippen molar-refractivity contribution in [1.82, 2.24) is 4.90 Å². The van der Waals surface area contributed by atoms with Crippen LogP contribution < -0.4 is 10.1 Å². The molecule has 0 bridgehead atoms. The van der Waals surface area contributed by atoms with Gasteiger partial charge >= 0.3 is 0 Å². The van der Waals surface area contributed by atoms with Gasteiger partial charge in [-0.2, -0.15) is 0 Å². The number of amides is 2. The second-order valence-electron chi connectivity index (χ2n) is 6.37. The Morgan fingerprint density at radius 1 is 1.30 bits per heavy atom. The lowest BCUT2D eigenvalue weighted by molar-refractivity contribution is -0.154. The minimum absolute atomic E-state index is 0.0567. The van der Waals surface area contributed by atoms with Gasteiger partial charge in [0.25, 0.3) is 0 Å². The van der Waals surface area contributed by atoms with Gasteiger partial charge in [0, 0.05) is 6.54 Å². The summed E-state index contributed by atoms with van der Waals surface area (Å²) in [6, 6.07) is 10.9. The Bertz CT molecular complexity index is 838. The predicted molar refractivity (Wildman–Crippen MR) is 97.9 cm³/mol. The van der Waals surface area contributed by atoms with E-state index in [0.717, 1.165) is 11.1 Å². The third-order valence-electron chi connectivity index (χ3n) is 4.39. The van der Waals surface area contributed by atoms with Crippen LogP contribution in [0.5, 0.6) is 5.75 Å². The lowest BCUT2D eigenvalue weighted by Crippen LogP contribution is -2.54. The van der Waals surface area contributed by atoms with E-state index >= 15 is 0 Å². The number of benzene rings is 2. The van der Waals surface area contributed by atoms with Gasteiger partial charge in [-0.25, -0.2) is 4.39 Å². The van der Waals surface area contributed by atoms with Gasteiger partial charge in [0.1, 0.15) is 24.2 Å². The van der Waals surface area contributed by atoms with Crippen LogP contribution in [0.3, 0.4) is 0 Å². The Kier molecular flexibility index (Phi) is 5.71. The molecule has 1 saturated heterocycles. The first kappa shape index (κ1) is 18.8. The third kappa shape index (κ3) is 4.43. The summed E-state index contributed by atoms with van der Waals surface area (Å²) < 4.78 is 24.3.